The third-order valence-electron chi connectivity index (χ3n) is 6.62. The third-order valence-corrected chi connectivity index (χ3v) is 7.48. The number of nitrogens with zero attached hydrogens (tertiary/aromatic N) is 5. The number of piperazine rings is 1. The summed E-state index contributed by atoms with van der Waals surface area (Å²) in [6.07, 6.45) is 0.980. The highest BCUT2D eigenvalue weighted by Crippen LogP contribution is 2.30. The second-order valence-electron chi connectivity index (χ2n) is 9.44. The summed E-state index contributed by atoms with van der Waals surface area (Å²) < 4.78 is 2.09. The standard InChI is InChI=1S/C27H37N5OS/c1-5-29-15-17-30(18-16-29)26-24(22(4)28-32(26)23-10-7-6-8-11-23)20-31(14-13-21(2)3)27(33)25-12-9-19-34-25/h6-12,19,21H,5,13-18,20H2,1-4H3. The molecule has 0 aliphatic carbocycles. The smallest absolute Gasteiger partial charge is 0.264 e. The van der Waals surface area contributed by atoms with Crippen molar-refractivity contribution in [3.63, 3.8) is 0 Å². The van der Waals surface area contributed by atoms with Crippen LogP contribution in [0, 0.1) is 12.8 Å². The van der Waals surface area contributed by atoms with Crippen molar-refractivity contribution in [3.05, 3.63) is 64.0 Å². The molecule has 0 spiro atoms. The van der Waals surface area contributed by atoms with E-state index >= 15 is 0 Å². The van der Waals surface area contributed by atoms with E-state index in [0.717, 1.165) is 73.3 Å². The van der Waals surface area contributed by atoms with Gasteiger partial charge in [-0.25, -0.2) is 4.68 Å². The summed E-state index contributed by atoms with van der Waals surface area (Å²) in [5.74, 6) is 1.78. The zero-order chi connectivity index (χ0) is 24.1. The van der Waals surface area contributed by atoms with Crippen LogP contribution in [0.15, 0.2) is 47.8 Å². The van der Waals surface area contributed by atoms with Gasteiger partial charge in [0.25, 0.3) is 5.91 Å². The molecular formula is C27H37N5OS. The van der Waals surface area contributed by atoms with E-state index in [9.17, 15) is 4.79 Å². The SMILES string of the molecule is CCN1CCN(c2c(CN(CCC(C)C)C(=O)c3cccs3)c(C)nn2-c2ccccc2)CC1. The van der Waals surface area contributed by atoms with Gasteiger partial charge in [0.1, 0.15) is 5.82 Å². The number of carbonyl (C=O) groups excluding carboxylic acids is 1. The van der Waals surface area contributed by atoms with Crippen LogP contribution in [-0.4, -0.2) is 64.8 Å². The molecule has 3 heterocycles. The predicted molar refractivity (Wildman–Crippen MR) is 141 cm³/mol. The highest BCUT2D eigenvalue weighted by atomic mass is 32.1. The van der Waals surface area contributed by atoms with E-state index in [1.54, 1.807) is 0 Å². The van der Waals surface area contributed by atoms with Gasteiger partial charge in [-0.2, -0.15) is 5.10 Å². The Kier molecular flexibility index (Phi) is 8.06. The maximum Gasteiger partial charge on any atom is 0.264 e. The summed E-state index contributed by atoms with van der Waals surface area (Å²) in [5.41, 5.74) is 3.20. The summed E-state index contributed by atoms with van der Waals surface area (Å²) in [6.45, 7) is 15.1. The second kappa shape index (κ2) is 11.2. The molecule has 0 N–H and O–H groups in total. The van der Waals surface area contributed by atoms with E-state index in [1.807, 2.05) is 28.5 Å². The van der Waals surface area contributed by atoms with E-state index in [-0.39, 0.29) is 5.91 Å². The van der Waals surface area contributed by atoms with Gasteiger partial charge in [-0.15, -0.1) is 11.3 Å². The van der Waals surface area contributed by atoms with Crippen LogP contribution < -0.4 is 4.90 Å². The number of benzene rings is 1. The molecule has 0 saturated carbocycles. The molecule has 3 aromatic rings. The highest BCUT2D eigenvalue weighted by Gasteiger charge is 2.28. The lowest BCUT2D eigenvalue weighted by Gasteiger charge is -2.36. The van der Waals surface area contributed by atoms with Crippen molar-refractivity contribution in [2.24, 2.45) is 5.92 Å². The zero-order valence-electron chi connectivity index (χ0n) is 20.9. The molecular weight excluding hydrogens is 442 g/mol. The number of amides is 1. The molecule has 0 radical (unpaired) electrons. The Labute approximate surface area is 207 Å². The number of hydrogen-bond acceptors (Lipinski definition) is 5. The summed E-state index contributed by atoms with van der Waals surface area (Å²) in [4.78, 5) is 21.2. The van der Waals surface area contributed by atoms with Crippen LogP contribution in [0.2, 0.25) is 0 Å². The fourth-order valence-corrected chi connectivity index (χ4v) is 5.19. The minimum atomic E-state index is 0.115. The first-order valence-corrected chi connectivity index (χ1v) is 13.3. The number of rotatable bonds is 9. The summed E-state index contributed by atoms with van der Waals surface area (Å²) in [6, 6.07) is 14.2. The van der Waals surface area contributed by atoms with Crippen LogP contribution in [0.4, 0.5) is 5.82 Å². The van der Waals surface area contributed by atoms with E-state index in [1.165, 1.54) is 11.3 Å². The molecule has 1 amide bonds. The first-order chi connectivity index (χ1) is 16.5. The fourth-order valence-electron chi connectivity index (χ4n) is 4.50. The Bertz CT molecular complexity index is 1050. The minimum Gasteiger partial charge on any atom is -0.354 e. The summed E-state index contributed by atoms with van der Waals surface area (Å²) >= 11 is 1.52. The number of aryl methyl sites for hydroxylation is 1. The predicted octanol–water partition coefficient (Wildman–Crippen LogP) is 5.07. The Hall–Kier alpha value is -2.64. The van der Waals surface area contributed by atoms with Gasteiger partial charge in [-0.05, 0) is 49.4 Å². The molecule has 34 heavy (non-hydrogen) atoms. The molecule has 1 fully saturated rings. The number of hydrogen-bond donors (Lipinski definition) is 0. The van der Waals surface area contributed by atoms with Gasteiger partial charge in [0.05, 0.1) is 22.8 Å². The Morgan fingerprint density at radius 3 is 2.44 bits per heavy atom. The molecule has 1 aliphatic heterocycles. The van der Waals surface area contributed by atoms with Crippen LogP contribution in [0.1, 0.15) is 48.1 Å². The van der Waals surface area contributed by atoms with Gasteiger partial charge in [0.15, 0.2) is 0 Å². The number of likely N-dealkylation sites (N-methyl/N-ethyl adjacent to an activating group) is 1. The molecule has 1 aliphatic rings. The third kappa shape index (κ3) is 5.53. The highest BCUT2D eigenvalue weighted by molar-refractivity contribution is 7.12. The van der Waals surface area contributed by atoms with E-state index in [2.05, 4.69) is 66.4 Å². The van der Waals surface area contributed by atoms with Crippen molar-refractivity contribution >= 4 is 23.1 Å². The van der Waals surface area contributed by atoms with Gasteiger partial charge < -0.3 is 14.7 Å². The van der Waals surface area contributed by atoms with Crippen molar-refractivity contribution in [1.29, 1.82) is 0 Å². The number of thiophene rings is 1. The van der Waals surface area contributed by atoms with Crippen molar-refractivity contribution < 1.29 is 4.79 Å². The van der Waals surface area contributed by atoms with Gasteiger partial charge >= 0.3 is 0 Å². The first kappa shape index (κ1) is 24.5. The number of para-hydroxylation sites is 1. The number of aromatic nitrogens is 2. The monoisotopic (exact) mass is 479 g/mol. The summed E-state index contributed by atoms with van der Waals surface area (Å²) in [7, 11) is 0. The lowest BCUT2D eigenvalue weighted by Crippen LogP contribution is -2.47. The van der Waals surface area contributed by atoms with Crippen LogP contribution in [0.3, 0.4) is 0 Å². The van der Waals surface area contributed by atoms with Crippen molar-refractivity contribution in [2.45, 2.75) is 40.7 Å². The minimum absolute atomic E-state index is 0.115. The molecule has 182 valence electrons. The van der Waals surface area contributed by atoms with Gasteiger partial charge in [0, 0.05) is 38.3 Å². The van der Waals surface area contributed by atoms with Gasteiger partial charge in [-0.1, -0.05) is 45.0 Å². The Balaban J connectivity index is 1.71. The van der Waals surface area contributed by atoms with E-state index in [4.69, 9.17) is 5.10 Å². The van der Waals surface area contributed by atoms with Gasteiger partial charge in [0.2, 0.25) is 0 Å². The Morgan fingerprint density at radius 2 is 1.82 bits per heavy atom. The second-order valence-corrected chi connectivity index (χ2v) is 10.4. The largest absolute Gasteiger partial charge is 0.354 e. The molecule has 2 aromatic heterocycles. The quantitative estimate of drug-likeness (QED) is 0.430. The molecule has 1 saturated heterocycles. The van der Waals surface area contributed by atoms with E-state index < -0.39 is 0 Å². The maximum absolute atomic E-state index is 13.5. The maximum atomic E-state index is 13.5. The van der Waals surface area contributed by atoms with Crippen LogP contribution in [0.25, 0.3) is 5.69 Å². The summed E-state index contributed by atoms with van der Waals surface area (Å²) in [5, 5.41) is 6.97. The topological polar surface area (TPSA) is 44.6 Å². The average molecular weight is 480 g/mol. The molecule has 6 nitrogen and oxygen atoms in total. The molecule has 4 rings (SSSR count). The Morgan fingerprint density at radius 1 is 1.09 bits per heavy atom. The zero-order valence-corrected chi connectivity index (χ0v) is 21.7. The van der Waals surface area contributed by atoms with Crippen LogP contribution in [-0.2, 0) is 6.54 Å². The fraction of sp³-hybridized carbons (Fsp3) is 0.481. The number of anilines is 1. The number of carbonyl (C=O) groups is 1. The van der Waals surface area contributed by atoms with Crippen LogP contribution in [0.5, 0.6) is 0 Å². The molecule has 0 unspecified atom stereocenters. The normalized spacial score (nSPS) is 14.7. The van der Waals surface area contributed by atoms with Crippen molar-refractivity contribution in [3.8, 4) is 5.69 Å². The van der Waals surface area contributed by atoms with Crippen molar-refractivity contribution in [2.75, 3.05) is 44.2 Å². The average Bonchev–Trinajstić information content (AvgIpc) is 3.50. The van der Waals surface area contributed by atoms with Crippen molar-refractivity contribution in [1.82, 2.24) is 19.6 Å². The molecule has 0 atom stereocenters. The van der Waals surface area contributed by atoms with Crippen LogP contribution >= 0.6 is 11.3 Å². The van der Waals surface area contributed by atoms with Gasteiger partial charge in [-0.3, -0.25) is 4.79 Å². The lowest BCUT2D eigenvalue weighted by molar-refractivity contribution is 0.0740. The van der Waals surface area contributed by atoms with E-state index in [0.29, 0.717) is 12.5 Å². The molecule has 1 aromatic carbocycles. The molecule has 7 heteroatoms. The first-order valence-electron chi connectivity index (χ1n) is 12.4. The lowest BCUT2D eigenvalue weighted by atomic mass is 10.1. The molecule has 0 bridgehead atoms.